The van der Waals surface area contributed by atoms with Crippen molar-refractivity contribution in [2.45, 2.75) is 18.3 Å². The van der Waals surface area contributed by atoms with Crippen LogP contribution in [0.15, 0.2) is 54.6 Å². The average Bonchev–Trinajstić information content (AvgIpc) is 3.49. The zero-order valence-electron chi connectivity index (χ0n) is 16.4. The number of rotatable bonds is 7. The van der Waals surface area contributed by atoms with Crippen LogP contribution in [0.5, 0.6) is 0 Å². The number of aromatic amines is 1. The lowest BCUT2D eigenvalue weighted by atomic mass is 9.93. The quantitative estimate of drug-likeness (QED) is 0.358. The molecule has 1 aromatic heterocycles. The maximum Gasteiger partial charge on any atom is 0.410 e. The van der Waals surface area contributed by atoms with Crippen LogP contribution in [0, 0.1) is 5.41 Å². The number of allylic oxidation sites excluding steroid dienone is 1. The Morgan fingerprint density at radius 2 is 1.58 bits per heavy atom. The van der Waals surface area contributed by atoms with Crippen molar-refractivity contribution in [1.82, 2.24) is 9.97 Å². The Balaban J connectivity index is 1.60. The van der Waals surface area contributed by atoms with Crippen molar-refractivity contribution in [3.8, 4) is 22.4 Å². The maximum atomic E-state index is 11.5. The molecule has 1 saturated carbocycles. The minimum absolute atomic E-state index is 0.178. The molecule has 0 saturated heterocycles. The van der Waals surface area contributed by atoms with Crippen LogP contribution in [0.25, 0.3) is 28.5 Å². The first-order valence-corrected chi connectivity index (χ1v) is 9.65. The van der Waals surface area contributed by atoms with Crippen LogP contribution in [-0.2, 0) is 10.2 Å². The molecule has 0 aliphatic heterocycles. The summed E-state index contributed by atoms with van der Waals surface area (Å²) >= 11 is 0. The highest BCUT2D eigenvalue weighted by Crippen LogP contribution is 2.48. The van der Waals surface area contributed by atoms with Crippen LogP contribution < -0.4 is 5.32 Å². The van der Waals surface area contributed by atoms with Crippen LogP contribution in [0.4, 0.5) is 10.6 Å². The van der Waals surface area contributed by atoms with Crippen molar-refractivity contribution in [2.24, 2.45) is 0 Å². The van der Waals surface area contributed by atoms with Gasteiger partial charge in [0.15, 0.2) is 5.82 Å². The second-order valence-corrected chi connectivity index (χ2v) is 7.34. The predicted octanol–water partition coefficient (Wildman–Crippen LogP) is 4.61. The van der Waals surface area contributed by atoms with Crippen molar-refractivity contribution in [3.63, 3.8) is 0 Å². The molecule has 0 bridgehead atoms. The third-order valence-electron chi connectivity index (χ3n) is 5.40. The van der Waals surface area contributed by atoms with Crippen LogP contribution in [0.3, 0.4) is 0 Å². The van der Waals surface area contributed by atoms with Crippen LogP contribution in [0.1, 0.15) is 24.2 Å². The van der Waals surface area contributed by atoms with Crippen molar-refractivity contribution >= 4 is 30.2 Å². The van der Waals surface area contributed by atoms with Crippen LogP contribution >= 0.6 is 0 Å². The summed E-state index contributed by atoms with van der Waals surface area (Å²) in [7, 11) is 0. The van der Waals surface area contributed by atoms with E-state index in [1.165, 1.54) is 6.08 Å². The summed E-state index contributed by atoms with van der Waals surface area (Å²) in [6.45, 7) is 0. The summed E-state index contributed by atoms with van der Waals surface area (Å²) in [5, 5.41) is 27.9. The SMILES string of the molecule is N=C/C=C\c1nc(NC(=O)O)c(-c2ccc(-c3ccc(C4(C(=O)O)CC4)cc3)cc2)[nH]1. The molecule has 1 amide bonds. The molecule has 2 aromatic carbocycles. The molecular formula is C23H20N4O4. The number of H-pyrrole nitrogens is 1. The summed E-state index contributed by atoms with van der Waals surface area (Å²) < 4.78 is 0. The monoisotopic (exact) mass is 416 g/mol. The van der Waals surface area contributed by atoms with Crippen molar-refractivity contribution in [3.05, 3.63) is 66.0 Å². The maximum absolute atomic E-state index is 11.5. The van der Waals surface area contributed by atoms with Gasteiger partial charge in [0, 0.05) is 11.8 Å². The fourth-order valence-electron chi connectivity index (χ4n) is 3.57. The van der Waals surface area contributed by atoms with E-state index >= 15 is 0 Å². The molecule has 0 radical (unpaired) electrons. The molecule has 156 valence electrons. The number of hydrogen-bond donors (Lipinski definition) is 5. The van der Waals surface area contributed by atoms with E-state index in [-0.39, 0.29) is 5.82 Å². The number of aliphatic carboxylic acids is 1. The smallest absolute Gasteiger partial charge is 0.410 e. The first-order valence-electron chi connectivity index (χ1n) is 9.65. The van der Waals surface area contributed by atoms with Gasteiger partial charge in [-0.05, 0) is 41.7 Å². The van der Waals surface area contributed by atoms with Gasteiger partial charge in [-0.2, -0.15) is 0 Å². The lowest BCUT2D eigenvalue weighted by Crippen LogP contribution is -2.19. The second kappa shape index (κ2) is 7.91. The van der Waals surface area contributed by atoms with Crippen LogP contribution in [0.2, 0.25) is 0 Å². The number of nitrogens with one attached hydrogen (secondary N) is 3. The minimum Gasteiger partial charge on any atom is -0.481 e. The molecular weight excluding hydrogens is 396 g/mol. The summed E-state index contributed by atoms with van der Waals surface area (Å²) in [5.74, 6) is -0.170. The average molecular weight is 416 g/mol. The number of hydrogen-bond acceptors (Lipinski definition) is 4. The number of carboxylic acids is 1. The van der Waals surface area contributed by atoms with E-state index in [0.29, 0.717) is 24.4 Å². The first-order chi connectivity index (χ1) is 14.9. The molecule has 8 heteroatoms. The highest BCUT2D eigenvalue weighted by molar-refractivity contribution is 5.89. The summed E-state index contributed by atoms with van der Waals surface area (Å²) in [4.78, 5) is 29.9. The first kappa shape index (κ1) is 20.1. The van der Waals surface area contributed by atoms with E-state index < -0.39 is 17.5 Å². The topological polar surface area (TPSA) is 139 Å². The standard InChI is InChI=1S/C23H20N4O4/c24-13-1-2-18-25-19(20(26-18)27-22(30)31)16-5-3-14(4-6-16)15-7-9-17(10-8-15)23(11-12-23)21(28)29/h1-10,13,24,27H,11-12H2,(H,25,26)(H,28,29)(H,30,31)/b2-1-,24-13?. The van der Waals surface area contributed by atoms with E-state index in [0.717, 1.165) is 28.5 Å². The van der Waals surface area contributed by atoms with Crippen molar-refractivity contribution in [1.29, 1.82) is 5.41 Å². The van der Waals surface area contributed by atoms with Gasteiger partial charge < -0.3 is 20.6 Å². The number of carbonyl (C=O) groups is 2. The number of aromatic nitrogens is 2. The number of nitrogens with zero attached hydrogens (tertiary/aromatic N) is 1. The molecule has 4 rings (SSSR count). The van der Waals surface area contributed by atoms with Gasteiger partial charge in [0.05, 0.1) is 11.1 Å². The molecule has 5 N–H and O–H groups in total. The molecule has 1 aliphatic rings. The van der Waals surface area contributed by atoms with Crippen LogP contribution in [-0.4, -0.2) is 38.5 Å². The van der Waals surface area contributed by atoms with E-state index in [2.05, 4.69) is 15.3 Å². The molecule has 0 spiro atoms. The predicted molar refractivity (Wildman–Crippen MR) is 117 cm³/mol. The number of imidazole rings is 1. The number of amides is 1. The Labute approximate surface area is 177 Å². The molecule has 1 fully saturated rings. The van der Waals surface area contributed by atoms with E-state index in [9.17, 15) is 14.7 Å². The molecule has 8 nitrogen and oxygen atoms in total. The normalized spacial score (nSPS) is 14.3. The van der Waals surface area contributed by atoms with Gasteiger partial charge in [-0.1, -0.05) is 48.5 Å². The van der Waals surface area contributed by atoms with E-state index in [1.807, 2.05) is 48.5 Å². The van der Waals surface area contributed by atoms with Gasteiger partial charge in [-0.25, -0.2) is 9.78 Å². The van der Waals surface area contributed by atoms with Gasteiger partial charge in [0.25, 0.3) is 0 Å². The molecule has 1 heterocycles. The third-order valence-corrected chi connectivity index (χ3v) is 5.40. The Morgan fingerprint density at radius 3 is 2.10 bits per heavy atom. The number of carboxylic acid groups (broad SMARTS) is 2. The fourth-order valence-corrected chi connectivity index (χ4v) is 3.57. The highest BCUT2D eigenvalue weighted by Gasteiger charge is 2.51. The molecule has 31 heavy (non-hydrogen) atoms. The van der Waals surface area contributed by atoms with Crippen molar-refractivity contribution < 1.29 is 19.8 Å². The van der Waals surface area contributed by atoms with Crippen molar-refractivity contribution in [2.75, 3.05) is 5.32 Å². The van der Waals surface area contributed by atoms with Gasteiger partial charge in [0.1, 0.15) is 5.82 Å². The molecule has 3 aromatic rings. The lowest BCUT2D eigenvalue weighted by molar-refractivity contribution is -0.140. The Bertz CT molecular complexity index is 1170. The number of anilines is 1. The Morgan fingerprint density at radius 1 is 1.00 bits per heavy atom. The second-order valence-electron chi connectivity index (χ2n) is 7.34. The molecule has 0 unspecified atom stereocenters. The largest absolute Gasteiger partial charge is 0.481 e. The van der Waals surface area contributed by atoms with E-state index in [1.54, 1.807) is 6.08 Å². The molecule has 1 aliphatic carbocycles. The van der Waals surface area contributed by atoms with Gasteiger partial charge in [-0.15, -0.1) is 0 Å². The van der Waals surface area contributed by atoms with Gasteiger partial charge in [0.2, 0.25) is 0 Å². The Kier molecular flexibility index (Phi) is 5.12. The molecule has 0 atom stereocenters. The lowest BCUT2D eigenvalue weighted by Gasteiger charge is -2.11. The highest BCUT2D eigenvalue weighted by atomic mass is 16.4. The zero-order chi connectivity index (χ0) is 22.0. The third kappa shape index (κ3) is 3.95. The number of benzene rings is 2. The summed E-state index contributed by atoms with van der Waals surface area (Å²) in [6.07, 6.45) is 4.28. The van der Waals surface area contributed by atoms with Gasteiger partial charge in [-0.3, -0.25) is 10.1 Å². The summed E-state index contributed by atoms with van der Waals surface area (Å²) in [6, 6.07) is 15.1. The van der Waals surface area contributed by atoms with Gasteiger partial charge >= 0.3 is 12.1 Å². The minimum atomic E-state index is -1.22. The Hall–Kier alpha value is -4.20. The fraction of sp³-hybridized carbons (Fsp3) is 0.130. The summed E-state index contributed by atoms with van der Waals surface area (Å²) in [5.41, 5.74) is 3.28. The van der Waals surface area contributed by atoms with E-state index in [4.69, 9.17) is 10.5 Å². The zero-order valence-corrected chi connectivity index (χ0v) is 16.4.